The van der Waals surface area contributed by atoms with Crippen LogP contribution in [0.4, 0.5) is 5.69 Å². The van der Waals surface area contributed by atoms with Gasteiger partial charge in [-0.3, -0.25) is 14.4 Å². The first-order chi connectivity index (χ1) is 13.7. The highest BCUT2D eigenvalue weighted by Gasteiger charge is 2.41. The summed E-state index contributed by atoms with van der Waals surface area (Å²) in [5.41, 5.74) is 1.75. The number of hydrogen-bond donors (Lipinski definition) is 1. The Bertz CT molecular complexity index is 776. The zero-order valence-electron chi connectivity index (χ0n) is 18.0. The smallest absolute Gasteiger partial charge is 0.227 e. The SMILES string of the molecule is CCc1ccccc1NC(=O)C1CCN(C(=O)C2CC(=O)N(C(C)(C)C)C2)CC1. The molecule has 2 aliphatic heterocycles. The van der Waals surface area contributed by atoms with E-state index in [0.29, 0.717) is 38.9 Å². The summed E-state index contributed by atoms with van der Waals surface area (Å²) in [5, 5.41) is 3.06. The van der Waals surface area contributed by atoms with Gasteiger partial charge in [-0.05, 0) is 51.7 Å². The average Bonchev–Trinajstić information content (AvgIpc) is 3.10. The van der Waals surface area contributed by atoms with Gasteiger partial charge >= 0.3 is 0 Å². The van der Waals surface area contributed by atoms with Gasteiger partial charge in [-0.15, -0.1) is 0 Å². The van der Waals surface area contributed by atoms with Crippen molar-refractivity contribution in [3.05, 3.63) is 29.8 Å². The van der Waals surface area contributed by atoms with Crippen LogP contribution in [0.15, 0.2) is 24.3 Å². The fourth-order valence-electron chi connectivity index (χ4n) is 4.33. The summed E-state index contributed by atoms with van der Waals surface area (Å²) in [6.07, 6.45) is 2.49. The van der Waals surface area contributed by atoms with E-state index in [0.717, 1.165) is 17.7 Å². The van der Waals surface area contributed by atoms with Gasteiger partial charge in [-0.25, -0.2) is 0 Å². The maximum Gasteiger partial charge on any atom is 0.227 e. The molecule has 29 heavy (non-hydrogen) atoms. The van der Waals surface area contributed by atoms with Crippen LogP contribution in [0.2, 0.25) is 0 Å². The van der Waals surface area contributed by atoms with Crippen molar-refractivity contribution in [2.75, 3.05) is 25.0 Å². The lowest BCUT2D eigenvalue weighted by Gasteiger charge is -2.34. The second kappa shape index (κ2) is 8.56. The van der Waals surface area contributed by atoms with Gasteiger partial charge in [0.2, 0.25) is 17.7 Å². The predicted molar refractivity (Wildman–Crippen MR) is 113 cm³/mol. The van der Waals surface area contributed by atoms with Gasteiger partial charge in [0, 0.05) is 43.2 Å². The highest BCUT2D eigenvalue weighted by Crippen LogP contribution is 2.29. The summed E-state index contributed by atoms with van der Waals surface area (Å²) in [5.74, 6) is -0.197. The van der Waals surface area contributed by atoms with Gasteiger partial charge in [0.15, 0.2) is 0 Å². The minimum atomic E-state index is -0.261. The minimum Gasteiger partial charge on any atom is -0.342 e. The van der Waals surface area contributed by atoms with Gasteiger partial charge in [0.05, 0.1) is 5.92 Å². The van der Waals surface area contributed by atoms with Crippen LogP contribution in [-0.2, 0) is 20.8 Å². The molecule has 2 fully saturated rings. The maximum atomic E-state index is 12.9. The van der Waals surface area contributed by atoms with Crippen LogP contribution in [0, 0.1) is 11.8 Å². The average molecular weight is 400 g/mol. The van der Waals surface area contributed by atoms with Crippen LogP contribution in [-0.4, -0.2) is 52.7 Å². The van der Waals surface area contributed by atoms with E-state index in [1.54, 1.807) is 4.90 Å². The number of piperidine rings is 1. The Morgan fingerprint density at radius 3 is 2.34 bits per heavy atom. The molecule has 0 aromatic heterocycles. The Balaban J connectivity index is 1.53. The number of anilines is 1. The summed E-state index contributed by atoms with van der Waals surface area (Å²) in [6.45, 7) is 9.72. The number of carbonyl (C=O) groups is 3. The van der Waals surface area contributed by atoms with Crippen molar-refractivity contribution in [1.82, 2.24) is 9.80 Å². The lowest BCUT2D eigenvalue weighted by atomic mass is 9.94. The van der Waals surface area contributed by atoms with Crippen LogP contribution >= 0.6 is 0 Å². The molecule has 0 spiro atoms. The van der Waals surface area contributed by atoms with E-state index in [4.69, 9.17) is 0 Å². The molecule has 6 nitrogen and oxygen atoms in total. The number of benzene rings is 1. The highest BCUT2D eigenvalue weighted by molar-refractivity contribution is 5.94. The number of likely N-dealkylation sites (tertiary alicyclic amines) is 2. The number of carbonyl (C=O) groups excluding carboxylic acids is 3. The number of aryl methyl sites for hydroxylation is 1. The normalized spacial score (nSPS) is 20.8. The molecule has 1 N–H and O–H groups in total. The van der Waals surface area contributed by atoms with E-state index >= 15 is 0 Å². The van der Waals surface area contributed by atoms with E-state index in [1.807, 2.05) is 49.9 Å². The quantitative estimate of drug-likeness (QED) is 0.846. The molecule has 0 aliphatic carbocycles. The van der Waals surface area contributed by atoms with E-state index in [1.165, 1.54) is 0 Å². The molecular formula is C23H33N3O3. The van der Waals surface area contributed by atoms with E-state index in [-0.39, 0.29) is 35.1 Å². The van der Waals surface area contributed by atoms with Crippen molar-refractivity contribution < 1.29 is 14.4 Å². The molecular weight excluding hydrogens is 366 g/mol. The monoisotopic (exact) mass is 399 g/mol. The van der Waals surface area contributed by atoms with Crippen LogP contribution in [0.5, 0.6) is 0 Å². The highest BCUT2D eigenvalue weighted by atomic mass is 16.2. The summed E-state index contributed by atoms with van der Waals surface area (Å²) in [6, 6.07) is 7.88. The van der Waals surface area contributed by atoms with Crippen molar-refractivity contribution in [3.63, 3.8) is 0 Å². The van der Waals surface area contributed by atoms with Crippen molar-refractivity contribution >= 4 is 23.4 Å². The molecule has 1 atom stereocenters. The fraction of sp³-hybridized carbons (Fsp3) is 0.609. The van der Waals surface area contributed by atoms with Crippen molar-refractivity contribution in [2.24, 2.45) is 11.8 Å². The van der Waals surface area contributed by atoms with Crippen LogP contribution < -0.4 is 5.32 Å². The van der Waals surface area contributed by atoms with E-state index in [9.17, 15) is 14.4 Å². The summed E-state index contributed by atoms with van der Waals surface area (Å²) >= 11 is 0. The molecule has 3 rings (SSSR count). The van der Waals surface area contributed by atoms with Gasteiger partial charge in [0.1, 0.15) is 0 Å². The standard InChI is InChI=1S/C23H33N3O3/c1-5-16-8-6-7-9-19(16)24-21(28)17-10-12-25(13-11-17)22(29)18-14-20(27)26(15-18)23(2,3)4/h6-9,17-18H,5,10-15H2,1-4H3,(H,24,28). The Morgan fingerprint density at radius 1 is 1.10 bits per heavy atom. The van der Waals surface area contributed by atoms with Gasteiger partial charge in [-0.2, -0.15) is 0 Å². The Kier molecular flexibility index (Phi) is 6.30. The first-order valence-electron chi connectivity index (χ1n) is 10.7. The Morgan fingerprint density at radius 2 is 1.76 bits per heavy atom. The number of nitrogens with one attached hydrogen (secondary N) is 1. The minimum absolute atomic E-state index is 0.0351. The largest absolute Gasteiger partial charge is 0.342 e. The first-order valence-corrected chi connectivity index (χ1v) is 10.7. The van der Waals surface area contributed by atoms with Crippen molar-refractivity contribution in [2.45, 2.75) is 58.9 Å². The molecule has 2 heterocycles. The lowest BCUT2D eigenvalue weighted by molar-refractivity contribution is -0.138. The third kappa shape index (κ3) is 4.80. The Labute approximate surface area is 173 Å². The molecule has 1 aromatic rings. The molecule has 0 bridgehead atoms. The van der Waals surface area contributed by atoms with Gasteiger partial charge in [-0.1, -0.05) is 25.1 Å². The molecule has 2 saturated heterocycles. The third-order valence-electron chi connectivity index (χ3n) is 6.12. The van der Waals surface area contributed by atoms with Crippen LogP contribution in [0.1, 0.15) is 52.5 Å². The van der Waals surface area contributed by atoms with Crippen molar-refractivity contribution in [1.29, 1.82) is 0 Å². The lowest BCUT2D eigenvalue weighted by Crippen LogP contribution is -2.46. The van der Waals surface area contributed by atoms with Gasteiger partial charge in [0.25, 0.3) is 0 Å². The topological polar surface area (TPSA) is 69.7 Å². The first kappa shape index (κ1) is 21.3. The third-order valence-corrected chi connectivity index (χ3v) is 6.12. The molecule has 158 valence electrons. The Hall–Kier alpha value is -2.37. The molecule has 1 unspecified atom stereocenters. The van der Waals surface area contributed by atoms with Gasteiger partial charge < -0.3 is 15.1 Å². The second-order valence-corrected chi connectivity index (χ2v) is 9.18. The fourth-order valence-corrected chi connectivity index (χ4v) is 4.33. The summed E-state index contributed by atoms with van der Waals surface area (Å²) in [4.78, 5) is 41.6. The molecule has 0 radical (unpaired) electrons. The molecule has 0 saturated carbocycles. The molecule has 3 amide bonds. The van der Waals surface area contributed by atoms with Crippen LogP contribution in [0.3, 0.4) is 0 Å². The molecule has 1 aromatic carbocycles. The number of rotatable bonds is 4. The zero-order valence-corrected chi connectivity index (χ0v) is 18.0. The zero-order chi connectivity index (χ0) is 21.2. The second-order valence-electron chi connectivity index (χ2n) is 9.18. The summed E-state index contributed by atoms with van der Waals surface area (Å²) in [7, 11) is 0. The van der Waals surface area contributed by atoms with E-state index < -0.39 is 0 Å². The van der Waals surface area contributed by atoms with Crippen LogP contribution in [0.25, 0.3) is 0 Å². The molecule has 6 heteroatoms. The summed E-state index contributed by atoms with van der Waals surface area (Å²) < 4.78 is 0. The number of para-hydroxylation sites is 1. The maximum absolute atomic E-state index is 12.9. The predicted octanol–water partition coefficient (Wildman–Crippen LogP) is 3.07. The molecule has 2 aliphatic rings. The van der Waals surface area contributed by atoms with E-state index in [2.05, 4.69) is 12.2 Å². The number of nitrogens with zero attached hydrogens (tertiary/aromatic N) is 2. The number of amides is 3. The van der Waals surface area contributed by atoms with Crippen molar-refractivity contribution in [3.8, 4) is 0 Å². The number of hydrogen-bond acceptors (Lipinski definition) is 3.